The SMILES string of the molecule is CCN(CC(C)C)c1cccc(F)c1CNCCOC. The Hall–Kier alpha value is -1.13. The van der Waals surface area contributed by atoms with E-state index in [1.807, 2.05) is 6.07 Å². The topological polar surface area (TPSA) is 24.5 Å². The first-order valence-corrected chi connectivity index (χ1v) is 7.32. The van der Waals surface area contributed by atoms with Gasteiger partial charge in [0, 0.05) is 44.5 Å². The maximum atomic E-state index is 14.1. The fourth-order valence-electron chi connectivity index (χ4n) is 2.24. The summed E-state index contributed by atoms with van der Waals surface area (Å²) >= 11 is 0. The molecule has 3 nitrogen and oxygen atoms in total. The van der Waals surface area contributed by atoms with Crippen LogP contribution in [0, 0.1) is 11.7 Å². The van der Waals surface area contributed by atoms with Crippen LogP contribution in [0.4, 0.5) is 10.1 Å². The Morgan fingerprint density at radius 2 is 2.10 bits per heavy atom. The van der Waals surface area contributed by atoms with E-state index in [-0.39, 0.29) is 5.82 Å². The summed E-state index contributed by atoms with van der Waals surface area (Å²) in [6.45, 7) is 10.2. The summed E-state index contributed by atoms with van der Waals surface area (Å²) in [4.78, 5) is 2.24. The highest BCUT2D eigenvalue weighted by atomic mass is 19.1. The largest absolute Gasteiger partial charge is 0.383 e. The molecule has 20 heavy (non-hydrogen) atoms. The fourth-order valence-corrected chi connectivity index (χ4v) is 2.24. The third-order valence-corrected chi connectivity index (χ3v) is 3.19. The van der Waals surface area contributed by atoms with Crippen LogP contribution in [-0.2, 0) is 11.3 Å². The van der Waals surface area contributed by atoms with Crippen molar-refractivity contribution in [3.05, 3.63) is 29.6 Å². The van der Waals surface area contributed by atoms with Gasteiger partial charge >= 0.3 is 0 Å². The molecule has 1 rings (SSSR count). The molecule has 4 heteroatoms. The zero-order valence-corrected chi connectivity index (χ0v) is 13.1. The molecule has 0 aromatic heterocycles. The standard InChI is InChI=1S/C16H27FN2O/c1-5-19(12-13(2)3)16-8-6-7-15(17)14(16)11-18-9-10-20-4/h6-8,13,18H,5,9-12H2,1-4H3. The highest BCUT2D eigenvalue weighted by Gasteiger charge is 2.14. The third-order valence-electron chi connectivity index (χ3n) is 3.19. The van der Waals surface area contributed by atoms with Crippen LogP contribution in [0.1, 0.15) is 26.3 Å². The lowest BCUT2D eigenvalue weighted by molar-refractivity contribution is 0.199. The number of methoxy groups -OCH3 is 1. The maximum absolute atomic E-state index is 14.1. The second kappa shape index (κ2) is 8.93. The van der Waals surface area contributed by atoms with E-state index in [2.05, 4.69) is 31.0 Å². The number of nitrogens with one attached hydrogen (secondary N) is 1. The molecule has 114 valence electrons. The Kier molecular flexibility index (Phi) is 7.55. The first kappa shape index (κ1) is 16.9. The van der Waals surface area contributed by atoms with Gasteiger partial charge in [-0.05, 0) is 25.0 Å². The van der Waals surface area contributed by atoms with Crippen LogP contribution in [0.3, 0.4) is 0 Å². The maximum Gasteiger partial charge on any atom is 0.129 e. The Balaban J connectivity index is 2.85. The molecule has 1 aromatic carbocycles. The van der Waals surface area contributed by atoms with Gasteiger partial charge in [0.2, 0.25) is 0 Å². The van der Waals surface area contributed by atoms with E-state index < -0.39 is 0 Å². The molecule has 0 saturated heterocycles. The van der Waals surface area contributed by atoms with Gasteiger partial charge in [-0.15, -0.1) is 0 Å². The average Bonchev–Trinajstić information content (AvgIpc) is 2.42. The van der Waals surface area contributed by atoms with Crippen LogP contribution in [0.25, 0.3) is 0 Å². The predicted octanol–water partition coefficient (Wildman–Crippen LogP) is 3.04. The summed E-state index contributed by atoms with van der Waals surface area (Å²) in [5.41, 5.74) is 1.73. The molecular formula is C16H27FN2O. The molecule has 0 heterocycles. The van der Waals surface area contributed by atoms with Crippen molar-refractivity contribution in [3.8, 4) is 0 Å². The third kappa shape index (κ3) is 5.10. The van der Waals surface area contributed by atoms with Crippen molar-refractivity contribution in [2.45, 2.75) is 27.3 Å². The highest BCUT2D eigenvalue weighted by molar-refractivity contribution is 5.54. The Labute approximate surface area is 122 Å². The lowest BCUT2D eigenvalue weighted by atomic mass is 10.1. The van der Waals surface area contributed by atoms with Gasteiger partial charge in [-0.1, -0.05) is 19.9 Å². The number of hydrogen-bond donors (Lipinski definition) is 1. The van der Waals surface area contributed by atoms with Crippen LogP contribution in [0.15, 0.2) is 18.2 Å². The lowest BCUT2D eigenvalue weighted by Crippen LogP contribution is -2.29. The summed E-state index contributed by atoms with van der Waals surface area (Å²) in [5, 5.41) is 3.22. The summed E-state index contributed by atoms with van der Waals surface area (Å²) in [5.74, 6) is 0.405. The monoisotopic (exact) mass is 282 g/mol. The summed E-state index contributed by atoms with van der Waals surface area (Å²) in [6.07, 6.45) is 0. The predicted molar refractivity (Wildman–Crippen MR) is 82.7 cm³/mol. The molecule has 0 spiro atoms. The molecule has 0 aliphatic carbocycles. The number of halogens is 1. The zero-order valence-electron chi connectivity index (χ0n) is 13.1. The van der Waals surface area contributed by atoms with Crippen LogP contribution < -0.4 is 10.2 Å². The van der Waals surface area contributed by atoms with E-state index >= 15 is 0 Å². The smallest absolute Gasteiger partial charge is 0.129 e. The van der Waals surface area contributed by atoms with Crippen molar-refractivity contribution in [1.29, 1.82) is 0 Å². The minimum atomic E-state index is -0.144. The Bertz CT molecular complexity index is 396. The lowest BCUT2D eigenvalue weighted by Gasteiger charge is -2.28. The quantitative estimate of drug-likeness (QED) is 0.705. The molecule has 0 unspecified atom stereocenters. The minimum Gasteiger partial charge on any atom is -0.383 e. The average molecular weight is 282 g/mol. The van der Waals surface area contributed by atoms with Crippen molar-refractivity contribution >= 4 is 5.69 Å². The molecule has 0 aliphatic heterocycles. The van der Waals surface area contributed by atoms with Gasteiger partial charge in [0.1, 0.15) is 5.82 Å². The summed E-state index contributed by atoms with van der Waals surface area (Å²) in [7, 11) is 1.66. The molecular weight excluding hydrogens is 255 g/mol. The molecule has 0 amide bonds. The summed E-state index contributed by atoms with van der Waals surface area (Å²) in [6, 6.07) is 5.31. The van der Waals surface area contributed by atoms with Gasteiger partial charge in [0.05, 0.1) is 6.61 Å². The molecule has 0 aliphatic rings. The van der Waals surface area contributed by atoms with Gasteiger partial charge in [-0.2, -0.15) is 0 Å². The number of nitrogens with zero attached hydrogens (tertiary/aromatic N) is 1. The number of benzene rings is 1. The van der Waals surface area contributed by atoms with Crippen molar-refractivity contribution in [2.24, 2.45) is 5.92 Å². The first-order valence-electron chi connectivity index (χ1n) is 7.32. The second-order valence-corrected chi connectivity index (χ2v) is 5.34. The minimum absolute atomic E-state index is 0.144. The highest BCUT2D eigenvalue weighted by Crippen LogP contribution is 2.24. The van der Waals surface area contributed by atoms with Crippen molar-refractivity contribution in [3.63, 3.8) is 0 Å². The van der Waals surface area contributed by atoms with Gasteiger partial charge < -0.3 is 15.0 Å². The molecule has 0 bridgehead atoms. The number of hydrogen-bond acceptors (Lipinski definition) is 3. The van der Waals surface area contributed by atoms with Crippen molar-refractivity contribution in [1.82, 2.24) is 5.32 Å². The Morgan fingerprint density at radius 1 is 1.35 bits per heavy atom. The Morgan fingerprint density at radius 3 is 2.70 bits per heavy atom. The number of rotatable bonds is 9. The van der Waals surface area contributed by atoms with E-state index in [4.69, 9.17) is 4.74 Å². The van der Waals surface area contributed by atoms with Gasteiger partial charge in [-0.3, -0.25) is 0 Å². The molecule has 0 fully saturated rings. The number of anilines is 1. The van der Waals surface area contributed by atoms with Gasteiger partial charge in [0.25, 0.3) is 0 Å². The molecule has 1 N–H and O–H groups in total. The fraction of sp³-hybridized carbons (Fsp3) is 0.625. The van der Waals surface area contributed by atoms with Crippen LogP contribution >= 0.6 is 0 Å². The van der Waals surface area contributed by atoms with E-state index in [1.165, 1.54) is 6.07 Å². The van der Waals surface area contributed by atoms with Gasteiger partial charge in [-0.25, -0.2) is 4.39 Å². The second-order valence-electron chi connectivity index (χ2n) is 5.34. The van der Waals surface area contributed by atoms with Gasteiger partial charge in [0.15, 0.2) is 0 Å². The zero-order chi connectivity index (χ0) is 15.0. The molecule has 0 radical (unpaired) electrons. The molecule has 1 aromatic rings. The van der Waals surface area contributed by atoms with E-state index in [9.17, 15) is 4.39 Å². The molecule has 0 atom stereocenters. The number of ether oxygens (including phenoxy) is 1. The van der Waals surface area contributed by atoms with Crippen LogP contribution in [0.5, 0.6) is 0 Å². The van der Waals surface area contributed by atoms with E-state index in [0.29, 0.717) is 19.1 Å². The summed E-state index contributed by atoms with van der Waals surface area (Å²) < 4.78 is 19.1. The van der Waals surface area contributed by atoms with E-state index in [0.717, 1.165) is 30.9 Å². The van der Waals surface area contributed by atoms with Crippen LogP contribution in [0.2, 0.25) is 0 Å². The van der Waals surface area contributed by atoms with Crippen molar-refractivity contribution in [2.75, 3.05) is 38.3 Å². The normalized spacial score (nSPS) is 11.1. The van der Waals surface area contributed by atoms with Crippen molar-refractivity contribution < 1.29 is 9.13 Å². The van der Waals surface area contributed by atoms with Crippen LogP contribution in [-0.4, -0.2) is 33.4 Å². The van der Waals surface area contributed by atoms with E-state index in [1.54, 1.807) is 13.2 Å². The first-order chi connectivity index (χ1) is 9.60. The molecule has 0 saturated carbocycles.